The molecular formula is C18H15N3O4S. The molecule has 132 valence electrons. The standard InChI is InChI=1S/C18H15N3O4S/c1-24-14-6-4-12(5-7-14)15-11-26-18(20-15)21-16(22)10-25-17(23)13-3-2-8-19-9-13/h2-9,11H,10H2,1H3,(H,20,21,22). The first-order valence-corrected chi connectivity index (χ1v) is 8.50. The second-order valence-electron chi connectivity index (χ2n) is 5.13. The lowest BCUT2D eigenvalue weighted by molar-refractivity contribution is -0.119. The van der Waals surface area contributed by atoms with Gasteiger partial charge in [-0.1, -0.05) is 0 Å². The minimum atomic E-state index is -0.605. The molecule has 7 nitrogen and oxygen atoms in total. The zero-order valence-electron chi connectivity index (χ0n) is 13.8. The largest absolute Gasteiger partial charge is 0.497 e. The number of methoxy groups -OCH3 is 1. The Morgan fingerprint density at radius 1 is 1.19 bits per heavy atom. The number of pyridine rings is 1. The van der Waals surface area contributed by atoms with E-state index in [0.717, 1.165) is 17.0 Å². The second kappa shape index (κ2) is 8.21. The molecule has 2 heterocycles. The third kappa shape index (κ3) is 4.42. The van der Waals surface area contributed by atoms with Crippen LogP contribution in [0, 0.1) is 0 Å². The normalized spacial score (nSPS) is 10.2. The molecule has 0 bridgehead atoms. The molecule has 0 aliphatic carbocycles. The molecule has 0 unspecified atom stereocenters. The monoisotopic (exact) mass is 369 g/mol. The summed E-state index contributed by atoms with van der Waals surface area (Å²) in [4.78, 5) is 31.9. The molecule has 0 aliphatic heterocycles. The first kappa shape index (κ1) is 17.6. The highest BCUT2D eigenvalue weighted by atomic mass is 32.1. The van der Waals surface area contributed by atoms with Crippen molar-refractivity contribution >= 4 is 28.3 Å². The van der Waals surface area contributed by atoms with E-state index in [9.17, 15) is 9.59 Å². The molecule has 1 aromatic carbocycles. The number of amides is 1. The Bertz CT molecular complexity index is 894. The number of nitrogens with one attached hydrogen (secondary N) is 1. The molecule has 0 fully saturated rings. The molecule has 1 N–H and O–H groups in total. The van der Waals surface area contributed by atoms with Gasteiger partial charge in [-0.05, 0) is 36.4 Å². The topological polar surface area (TPSA) is 90.4 Å². The van der Waals surface area contributed by atoms with Gasteiger partial charge >= 0.3 is 5.97 Å². The molecule has 3 aromatic rings. The number of hydrogen-bond acceptors (Lipinski definition) is 7. The van der Waals surface area contributed by atoms with E-state index in [0.29, 0.717) is 5.13 Å². The predicted molar refractivity (Wildman–Crippen MR) is 97.3 cm³/mol. The molecule has 3 rings (SSSR count). The van der Waals surface area contributed by atoms with Crippen LogP contribution in [-0.4, -0.2) is 35.6 Å². The van der Waals surface area contributed by atoms with Gasteiger partial charge in [0, 0.05) is 23.3 Å². The van der Waals surface area contributed by atoms with Crippen molar-refractivity contribution in [3.05, 3.63) is 59.7 Å². The third-order valence-electron chi connectivity index (χ3n) is 3.37. The summed E-state index contributed by atoms with van der Waals surface area (Å²) in [5.74, 6) is -0.308. The number of carbonyl (C=O) groups excluding carboxylic acids is 2. The highest BCUT2D eigenvalue weighted by Gasteiger charge is 2.12. The van der Waals surface area contributed by atoms with Gasteiger partial charge in [0.05, 0.1) is 18.4 Å². The van der Waals surface area contributed by atoms with Crippen LogP contribution in [0.3, 0.4) is 0 Å². The first-order chi connectivity index (χ1) is 12.7. The fourth-order valence-electron chi connectivity index (χ4n) is 2.08. The summed E-state index contributed by atoms with van der Waals surface area (Å²) in [6.07, 6.45) is 2.93. The van der Waals surface area contributed by atoms with Gasteiger partial charge in [-0.15, -0.1) is 11.3 Å². The van der Waals surface area contributed by atoms with Gasteiger partial charge < -0.3 is 9.47 Å². The molecule has 0 radical (unpaired) electrons. The first-order valence-electron chi connectivity index (χ1n) is 7.62. The highest BCUT2D eigenvalue weighted by molar-refractivity contribution is 7.14. The maximum absolute atomic E-state index is 11.9. The van der Waals surface area contributed by atoms with Crippen LogP contribution in [0.25, 0.3) is 11.3 Å². The van der Waals surface area contributed by atoms with Gasteiger partial charge in [-0.3, -0.25) is 15.1 Å². The maximum Gasteiger partial charge on any atom is 0.340 e. The Morgan fingerprint density at radius 2 is 2.00 bits per heavy atom. The van der Waals surface area contributed by atoms with E-state index in [4.69, 9.17) is 9.47 Å². The van der Waals surface area contributed by atoms with Crippen LogP contribution in [0.5, 0.6) is 5.75 Å². The number of thiazole rings is 1. The predicted octanol–water partition coefficient (Wildman–Crippen LogP) is 3.01. The molecule has 2 aromatic heterocycles. The van der Waals surface area contributed by atoms with Crippen LogP contribution in [0.1, 0.15) is 10.4 Å². The van der Waals surface area contributed by atoms with Crippen molar-refractivity contribution < 1.29 is 19.1 Å². The number of hydrogen-bond donors (Lipinski definition) is 1. The van der Waals surface area contributed by atoms with Crippen molar-refractivity contribution in [2.24, 2.45) is 0 Å². The summed E-state index contributed by atoms with van der Waals surface area (Å²) in [6, 6.07) is 10.6. The second-order valence-corrected chi connectivity index (χ2v) is 5.99. The van der Waals surface area contributed by atoms with Crippen molar-refractivity contribution in [2.45, 2.75) is 0 Å². The maximum atomic E-state index is 11.9. The number of carbonyl (C=O) groups is 2. The molecule has 0 spiro atoms. The molecule has 0 saturated carbocycles. The van der Waals surface area contributed by atoms with Crippen molar-refractivity contribution in [1.82, 2.24) is 9.97 Å². The van der Waals surface area contributed by atoms with Crippen molar-refractivity contribution in [1.29, 1.82) is 0 Å². The fraction of sp³-hybridized carbons (Fsp3) is 0.111. The van der Waals surface area contributed by atoms with E-state index in [1.165, 1.54) is 17.5 Å². The minimum Gasteiger partial charge on any atom is -0.497 e. The number of rotatable bonds is 6. The number of esters is 1. The van der Waals surface area contributed by atoms with E-state index in [-0.39, 0.29) is 5.56 Å². The van der Waals surface area contributed by atoms with Crippen LogP contribution in [0.2, 0.25) is 0 Å². The van der Waals surface area contributed by atoms with Gasteiger partial charge in [0.2, 0.25) is 0 Å². The van der Waals surface area contributed by atoms with Crippen LogP contribution in [0.15, 0.2) is 54.2 Å². The molecule has 8 heteroatoms. The van der Waals surface area contributed by atoms with E-state index < -0.39 is 18.5 Å². The molecule has 0 aliphatic rings. The summed E-state index contributed by atoms with van der Waals surface area (Å²) in [5.41, 5.74) is 1.93. The van der Waals surface area contributed by atoms with Crippen molar-refractivity contribution in [2.75, 3.05) is 19.0 Å². The number of benzene rings is 1. The Kier molecular flexibility index (Phi) is 5.55. The SMILES string of the molecule is COc1ccc(-c2csc(NC(=O)COC(=O)c3cccnc3)n2)cc1. The lowest BCUT2D eigenvalue weighted by atomic mass is 10.2. The van der Waals surface area contributed by atoms with Crippen molar-refractivity contribution in [3.63, 3.8) is 0 Å². The zero-order valence-corrected chi connectivity index (χ0v) is 14.7. The summed E-state index contributed by atoms with van der Waals surface area (Å²) < 4.78 is 10.1. The van der Waals surface area contributed by atoms with Gasteiger partial charge in [-0.25, -0.2) is 9.78 Å². The number of aromatic nitrogens is 2. The van der Waals surface area contributed by atoms with Crippen LogP contribution >= 0.6 is 11.3 Å². The molecule has 0 atom stereocenters. The summed E-state index contributed by atoms with van der Waals surface area (Å²) in [6.45, 7) is -0.398. The van der Waals surface area contributed by atoms with Crippen LogP contribution < -0.4 is 10.1 Å². The quantitative estimate of drug-likeness (QED) is 0.672. The van der Waals surface area contributed by atoms with E-state index in [1.807, 2.05) is 29.6 Å². The average molecular weight is 369 g/mol. The Morgan fingerprint density at radius 3 is 2.69 bits per heavy atom. The average Bonchev–Trinajstić information content (AvgIpc) is 3.15. The molecule has 26 heavy (non-hydrogen) atoms. The van der Waals surface area contributed by atoms with Crippen LogP contribution in [-0.2, 0) is 9.53 Å². The Labute approximate surface area is 153 Å². The van der Waals surface area contributed by atoms with E-state index in [2.05, 4.69) is 15.3 Å². The highest BCUT2D eigenvalue weighted by Crippen LogP contribution is 2.26. The lowest BCUT2D eigenvalue weighted by Crippen LogP contribution is -2.20. The van der Waals surface area contributed by atoms with E-state index >= 15 is 0 Å². The smallest absolute Gasteiger partial charge is 0.340 e. The summed E-state index contributed by atoms with van der Waals surface area (Å²) in [5, 5.41) is 4.87. The Balaban J connectivity index is 1.55. The molecule has 0 saturated heterocycles. The zero-order chi connectivity index (χ0) is 18.4. The summed E-state index contributed by atoms with van der Waals surface area (Å²) >= 11 is 1.29. The number of anilines is 1. The lowest BCUT2D eigenvalue weighted by Gasteiger charge is -2.04. The fourth-order valence-corrected chi connectivity index (χ4v) is 2.81. The van der Waals surface area contributed by atoms with Gasteiger partial charge in [-0.2, -0.15) is 0 Å². The van der Waals surface area contributed by atoms with Crippen LogP contribution in [0.4, 0.5) is 5.13 Å². The van der Waals surface area contributed by atoms with E-state index in [1.54, 1.807) is 25.4 Å². The van der Waals surface area contributed by atoms with Gasteiger partial charge in [0.15, 0.2) is 11.7 Å². The van der Waals surface area contributed by atoms with Crippen molar-refractivity contribution in [3.8, 4) is 17.0 Å². The van der Waals surface area contributed by atoms with Gasteiger partial charge in [0.25, 0.3) is 5.91 Å². The third-order valence-corrected chi connectivity index (χ3v) is 4.13. The number of nitrogens with zero attached hydrogens (tertiary/aromatic N) is 2. The minimum absolute atomic E-state index is 0.288. The summed E-state index contributed by atoms with van der Waals surface area (Å²) in [7, 11) is 1.60. The number of ether oxygens (including phenoxy) is 2. The van der Waals surface area contributed by atoms with Gasteiger partial charge in [0.1, 0.15) is 5.75 Å². The molecule has 1 amide bonds. The molecular weight excluding hydrogens is 354 g/mol. The Hall–Kier alpha value is -3.26.